The van der Waals surface area contributed by atoms with Crippen LogP contribution in [0.5, 0.6) is 5.75 Å². The van der Waals surface area contributed by atoms with Gasteiger partial charge in [0.1, 0.15) is 17.3 Å². The van der Waals surface area contributed by atoms with E-state index in [0.29, 0.717) is 22.7 Å². The number of morpholine rings is 1. The zero-order chi connectivity index (χ0) is 27.2. The molecule has 0 aliphatic carbocycles. The number of methoxy groups -OCH3 is 1. The molecule has 0 radical (unpaired) electrons. The average molecular weight is 541 g/mol. The summed E-state index contributed by atoms with van der Waals surface area (Å²) < 4.78 is 13.3. The molecule has 0 spiro atoms. The van der Waals surface area contributed by atoms with Crippen LogP contribution in [0.15, 0.2) is 42.2 Å². The van der Waals surface area contributed by atoms with E-state index in [1.807, 2.05) is 19.1 Å². The van der Waals surface area contributed by atoms with E-state index in [1.54, 1.807) is 7.11 Å². The fourth-order valence-electron chi connectivity index (χ4n) is 5.36. The maximum atomic E-state index is 6.40. The third-order valence-corrected chi connectivity index (χ3v) is 8.06. The average Bonchev–Trinajstić information content (AvgIpc) is 3.28. The van der Waals surface area contributed by atoms with E-state index in [-0.39, 0.29) is 0 Å². The monoisotopic (exact) mass is 540 g/mol. The first-order valence-electron chi connectivity index (χ1n) is 13.6. The maximum absolute atomic E-state index is 6.40. The third-order valence-electron chi connectivity index (χ3n) is 7.77. The quantitative estimate of drug-likeness (QED) is 0.242. The van der Waals surface area contributed by atoms with Gasteiger partial charge in [0.2, 0.25) is 0 Å². The summed E-state index contributed by atoms with van der Waals surface area (Å²) in [4.78, 5) is 12.8. The summed E-state index contributed by atoms with van der Waals surface area (Å²) in [5, 5.41) is 0.630. The van der Waals surface area contributed by atoms with Gasteiger partial charge in [0.05, 0.1) is 36.4 Å². The first kappa shape index (κ1) is 28.4. The van der Waals surface area contributed by atoms with Crippen molar-refractivity contribution in [2.24, 2.45) is 11.8 Å². The molecular weight excluding hydrogens is 500 g/mol. The van der Waals surface area contributed by atoms with Gasteiger partial charge in [-0.05, 0) is 68.0 Å². The van der Waals surface area contributed by atoms with Gasteiger partial charge in [0.25, 0.3) is 0 Å². The van der Waals surface area contributed by atoms with Crippen molar-refractivity contribution in [3.8, 4) is 5.75 Å². The topological polar surface area (TPSA) is 74.8 Å². The fourth-order valence-corrected chi connectivity index (χ4v) is 5.64. The number of allylic oxidation sites excluding steroid dienone is 2. The van der Waals surface area contributed by atoms with Gasteiger partial charge in [-0.3, -0.25) is 4.90 Å². The number of rotatable bonds is 11. The Balaban J connectivity index is 1.70. The van der Waals surface area contributed by atoms with Gasteiger partial charge in [-0.2, -0.15) is 5.90 Å². The van der Waals surface area contributed by atoms with Crippen LogP contribution in [0.3, 0.4) is 0 Å². The molecule has 1 fully saturated rings. The highest BCUT2D eigenvalue weighted by Crippen LogP contribution is 2.32. The largest absolute Gasteiger partial charge is 0.495 e. The Morgan fingerprint density at radius 2 is 1.89 bits per heavy atom. The summed E-state index contributed by atoms with van der Waals surface area (Å²) in [5.41, 5.74) is 5.53. The molecule has 2 aromatic carbocycles. The summed E-state index contributed by atoms with van der Waals surface area (Å²) in [7, 11) is 1.64. The maximum Gasteiger partial charge on any atom is 0.137 e. The molecule has 2 atom stereocenters. The highest BCUT2D eigenvalue weighted by Gasteiger charge is 2.22. The molecule has 1 saturated heterocycles. The molecule has 38 heavy (non-hydrogen) atoms. The van der Waals surface area contributed by atoms with Crippen LogP contribution in [-0.2, 0) is 29.0 Å². The van der Waals surface area contributed by atoms with Crippen LogP contribution in [0.4, 0.5) is 0 Å². The van der Waals surface area contributed by atoms with Crippen LogP contribution < -0.4 is 10.6 Å². The van der Waals surface area contributed by atoms with Gasteiger partial charge in [-0.15, -0.1) is 0 Å². The van der Waals surface area contributed by atoms with Gasteiger partial charge in [-0.25, -0.2) is 4.98 Å². The lowest BCUT2D eigenvalue weighted by molar-refractivity contribution is 0.0170. The number of benzene rings is 2. The standard InChI is InChI=1S/C30H41ClN4O3/c1-6-20(2)30(22(4)38-32)24-9-10-27-26(18-24)33-29(12-8-23-7-11-28(36-5)25(31)17-23)35(27)19-21(3)34-13-15-37-16-14-34/h7,9-11,17-18,20-21H,6,8,12-16,19,32H2,1-5H3/b30-22+/t20?,21-/m0/s1. The SMILES string of the molecule is CCC(C)/C(=C(/C)ON)c1ccc2c(c1)nc(CCc1ccc(OC)c(Cl)c1)n2C[C@H](C)N1CCOCC1. The number of nitrogens with zero attached hydrogens (tertiary/aromatic N) is 3. The summed E-state index contributed by atoms with van der Waals surface area (Å²) in [6.07, 6.45) is 2.64. The zero-order valence-corrected chi connectivity index (χ0v) is 24.1. The number of halogens is 1. The number of nitrogens with two attached hydrogens (primary N) is 1. The number of imidazole rings is 1. The van der Waals surface area contributed by atoms with E-state index in [2.05, 4.69) is 54.5 Å². The Labute approximate surface area is 231 Å². The first-order chi connectivity index (χ1) is 18.4. The second-order valence-electron chi connectivity index (χ2n) is 10.2. The predicted octanol–water partition coefficient (Wildman–Crippen LogP) is 5.87. The van der Waals surface area contributed by atoms with Crippen LogP contribution in [0.2, 0.25) is 5.02 Å². The van der Waals surface area contributed by atoms with Gasteiger partial charge in [0, 0.05) is 37.7 Å². The number of fused-ring (bicyclic) bond motifs is 1. The lowest BCUT2D eigenvalue weighted by Crippen LogP contribution is -2.44. The van der Waals surface area contributed by atoms with Crippen LogP contribution >= 0.6 is 11.6 Å². The third kappa shape index (κ3) is 6.34. The molecule has 3 aromatic rings. The molecule has 1 aliphatic heterocycles. The van der Waals surface area contributed by atoms with E-state index in [1.165, 1.54) is 0 Å². The second-order valence-corrected chi connectivity index (χ2v) is 10.6. The molecule has 1 unspecified atom stereocenters. The number of aryl methyl sites for hydroxylation is 2. The molecule has 2 N–H and O–H groups in total. The molecule has 2 heterocycles. The summed E-state index contributed by atoms with van der Waals surface area (Å²) in [6.45, 7) is 13.0. The van der Waals surface area contributed by atoms with Crippen molar-refractivity contribution >= 4 is 28.2 Å². The molecule has 0 bridgehead atoms. The Morgan fingerprint density at radius 3 is 2.55 bits per heavy atom. The normalized spacial score (nSPS) is 16.8. The van der Waals surface area contributed by atoms with Crippen molar-refractivity contribution in [3.05, 3.63) is 64.1 Å². The Kier molecular flexibility index (Phi) is 9.71. The Hall–Kier alpha value is -2.58. The molecule has 1 aliphatic rings. The molecule has 4 rings (SSSR count). The summed E-state index contributed by atoms with van der Waals surface area (Å²) in [6, 6.07) is 12.9. The van der Waals surface area contributed by atoms with Gasteiger partial charge in [-0.1, -0.05) is 37.6 Å². The van der Waals surface area contributed by atoms with Gasteiger partial charge in [0.15, 0.2) is 0 Å². The highest BCUT2D eigenvalue weighted by molar-refractivity contribution is 6.32. The number of aromatic nitrogens is 2. The van der Waals surface area contributed by atoms with E-state index in [4.69, 9.17) is 36.8 Å². The molecule has 7 nitrogen and oxygen atoms in total. The fraction of sp³-hybridized carbons (Fsp3) is 0.500. The van der Waals surface area contributed by atoms with E-state index in [0.717, 1.165) is 91.4 Å². The predicted molar refractivity (Wildman–Crippen MR) is 154 cm³/mol. The van der Waals surface area contributed by atoms with E-state index in [9.17, 15) is 0 Å². The van der Waals surface area contributed by atoms with Crippen molar-refractivity contribution < 1.29 is 14.3 Å². The molecule has 1 aromatic heterocycles. The minimum absolute atomic E-state index is 0.318. The van der Waals surface area contributed by atoms with Crippen molar-refractivity contribution in [2.75, 3.05) is 33.4 Å². The van der Waals surface area contributed by atoms with Crippen LogP contribution in [-0.4, -0.2) is 53.9 Å². The van der Waals surface area contributed by atoms with Gasteiger partial charge >= 0.3 is 0 Å². The van der Waals surface area contributed by atoms with Crippen molar-refractivity contribution in [3.63, 3.8) is 0 Å². The zero-order valence-electron chi connectivity index (χ0n) is 23.3. The lowest BCUT2D eigenvalue weighted by Gasteiger charge is -2.32. The van der Waals surface area contributed by atoms with E-state index < -0.39 is 0 Å². The molecular formula is C30H41ClN4O3. The highest BCUT2D eigenvalue weighted by atomic mass is 35.5. The van der Waals surface area contributed by atoms with Crippen molar-refractivity contribution in [1.29, 1.82) is 0 Å². The lowest BCUT2D eigenvalue weighted by atomic mass is 9.91. The van der Waals surface area contributed by atoms with Crippen LogP contribution in [0.25, 0.3) is 16.6 Å². The van der Waals surface area contributed by atoms with E-state index >= 15 is 0 Å². The summed E-state index contributed by atoms with van der Waals surface area (Å²) >= 11 is 6.40. The minimum Gasteiger partial charge on any atom is -0.495 e. The number of hydrogen-bond donors (Lipinski definition) is 1. The molecule has 8 heteroatoms. The summed E-state index contributed by atoms with van der Waals surface area (Å²) in [5.74, 6) is 8.41. The molecule has 0 amide bonds. The van der Waals surface area contributed by atoms with Crippen LogP contribution in [0.1, 0.15) is 51.1 Å². The van der Waals surface area contributed by atoms with Crippen molar-refractivity contribution in [2.45, 2.75) is 59.5 Å². The first-order valence-corrected chi connectivity index (χ1v) is 13.9. The van der Waals surface area contributed by atoms with Gasteiger partial charge < -0.3 is 18.9 Å². The molecule has 206 valence electrons. The number of hydrogen-bond acceptors (Lipinski definition) is 6. The Bertz CT molecular complexity index is 1270. The Morgan fingerprint density at radius 1 is 1.13 bits per heavy atom. The number of ether oxygens (including phenoxy) is 2. The smallest absolute Gasteiger partial charge is 0.137 e. The minimum atomic E-state index is 0.318. The van der Waals surface area contributed by atoms with Crippen LogP contribution in [0, 0.1) is 5.92 Å². The second kappa shape index (κ2) is 13.0. The molecule has 0 saturated carbocycles. The van der Waals surface area contributed by atoms with Crippen molar-refractivity contribution in [1.82, 2.24) is 14.5 Å².